The van der Waals surface area contributed by atoms with E-state index in [9.17, 15) is 18.8 Å². The Morgan fingerprint density at radius 2 is 2.04 bits per heavy atom. The summed E-state index contributed by atoms with van der Waals surface area (Å²) in [5, 5.41) is 7.84. The van der Waals surface area contributed by atoms with E-state index in [1.54, 1.807) is 6.07 Å². The number of anilines is 1. The smallest absolute Gasteiger partial charge is 0.315 e. The monoisotopic (exact) mass is 322 g/mol. The van der Waals surface area contributed by atoms with E-state index in [2.05, 4.69) is 16.0 Å². The average Bonchev–Trinajstić information content (AvgIpc) is 2.84. The second-order valence-corrected chi connectivity index (χ2v) is 5.27. The number of hydrogen-bond donors (Lipinski definition) is 3. The molecular formula is C15H19FN4O3. The summed E-state index contributed by atoms with van der Waals surface area (Å²) in [7, 11) is 0. The zero-order chi connectivity index (χ0) is 16.8. The molecular weight excluding hydrogens is 303 g/mol. The lowest BCUT2D eigenvalue weighted by molar-refractivity contribution is -0.119. The molecule has 1 heterocycles. The Balaban J connectivity index is 1.81. The fourth-order valence-electron chi connectivity index (χ4n) is 2.35. The third kappa shape index (κ3) is 4.94. The van der Waals surface area contributed by atoms with Gasteiger partial charge in [-0.1, -0.05) is 6.07 Å². The van der Waals surface area contributed by atoms with E-state index in [0.29, 0.717) is 25.3 Å². The number of halogens is 1. The SMILES string of the molecule is CC(=O)NCCNC(=O)N[C@H]1CC(=O)N(c2cccc(F)c2)C1. The van der Waals surface area contributed by atoms with E-state index in [1.807, 2.05) is 0 Å². The molecule has 0 saturated carbocycles. The quantitative estimate of drug-likeness (QED) is 0.684. The van der Waals surface area contributed by atoms with Gasteiger partial charge < -0.3 is 20.9 Å². The van der Waals surface area contributed by atoms with Crippen molar-refractivity contribution < 1.29 is 18.8 Å². The van der Waals surface area contributed by atoms with Crippen molar-refractivity contribution in [2.45, 2.75) is 19.4 Å². The summed E-state index contributed by atoms with van der Waals surface area (Å²) in [6, 6.07) is 5.03. The number of carbonyl (C=O) groups is 3. The fraction of sp³-hybridized carbons (Fsp3) is 0.400. The molecule has 1 aliphatic rings. The van der Waals surface area contributed by atoms with Crippen molar-refractivity contribution >= 4 is 23.5 Å². The first kappa shape index (κ1) is 16.7. The van der Waals surface area contributed by atoms with Crippen molar-refractivity contribution in [2.75, 3.05) is 24.5 Å². The van der Waals surface area contributed by atoms with Gasteiger partial charge in [-0.15, -0.1) is 0 Å². The summed E-state index contributed by atoms with van der Waals surface area (Å²) in [6.45, 7) is 2.31. The minimum absolute atomic E-state index is 0.162. The van der Waals surface area contributed by atoms with Crippen molar-refractivity contribution in [3.63, 3.8) is 0 Å². The van der Waals surface area contributed by atoms with Gasteiger partial charge in [-0.25, -0.2) is 9.18 Å². The molecule has 1 atom stereocenters. The lowest BCUT2D eigenvalue weighted by atomic mass is 10.2. The molecule has 0 radical (unpaired) electrons. The molecule has 7 nitrogen and oxygen atoms in total. The van der Waals surface area contributed by atoms with Gasteiger partial charge in [0.15, 0.2) is 0 Å². The number of amides is 4. The van der Waals surface area contributed by atoms with Crippen LogP contribution in [0.2, 0.25) is 0 Å². The Labute approximate surface area is 133 Å². The van der Waals surface area contributed by atoms with Crippen LogP contribution < -0.4 is 20.9 Å². The molecule has 0 unspecified atom stereocenters. The molecule has 0 aromatic heterocycles. The van der Waals surface area contributed by atoms with Crippen LogP contribution in [0.1, 0.15) is 13.3 Å². The largest absolute Gasteiger partial charge is 0.355 e. The Bertz CT molecular complexity index is 608. The second kappa shape index (κ2) is 7.57. The van der Waals surface area contributed by atoms with E-state index in [-0.39, 0.29) is 24.3 Å². The normalized spacial score (nSPS) is 17.0. The lowest BCUT2D eigenvalue weighted by Crippen LogP contribution is -2.45. The van der Waals surface area contributed by atoms with Crippen LogP contribution in [-0.2, 0) is 9.59 Å². The number of hydrogen-bond acceptors (Lipinski definition) is 3. The maximum atomic E-state index is 13.2. The molecule has 1 aromatic rings. The predicted molar refractivity (Wildman–Crippen MR) is 82.4 cm³/mol. The Morgan fingerprint density at radius 3 is 2.74 bits per heavy atom. The van der Waals surface area contributed by atoms with Gasteiger partial charge in [-0.2, -0.15) is 0 Å². The highest BCUT2D eigenvalue weighted by atomic mass is 19.1. The molecule has 0 bridgehead atoms. The fourth-order valence-corrected chi connectivity index (χ4v) is 2.35. The maximum absolute atomic E-state index is 13.2. The number of rotatable bonds is 5. The number of nitrogens with one attached hydrogen (secondary N) is 3. The van der Waals surface area contributed by atoms with Crippen molar-refractivity contribution in [2.24, 2.45) is 0 Å². The van der Waals surface area contributed by atoms with Gasteiger partial charge in [-0.3, -0.25) is 9.59 Å². The number of carbonyl (C=O) groups excluding carboxylic acids is 3. The van der Waals surface area contributed by atoms with Gasteiger partial charge in [0.25, 0.3) is 0 Å². The molecule has 0 spiro atoms. The zero-order valence-electron chi connectivity index (χ0n) is 12.8. The number of urea groups is 1. The highest BCUT2D eigenvalue weighted by molar-refractivity contribution is 5.96. The van der Waals surface area contributed by atoms with Gasteiger partial charge in [0.2, 0.25) is 11.8 Å². The number of benzene rings is 1. The summed E-state index contributed by atoms with van der Waals surface area (Å²) in [4.78, 5) is 35.9. The second-order valence-electron chi connectivity index (χ2n) is 5.27. The molecule has 8 heteroatoms. The molecule has 3 N–H and O–H groups in total. The minimum Gasteiger partial charge on any atom is -0.355 e. The topological polar surface area (TPSA) is 90.5 Å². The first-order valence-electron chi connectivity index (χ1n) is 7.30. The van der Waals surface area contributed by atoms with Crippen LogP contribution in [0, 0.1) is 5.82 Å². The van der Waals surface area contributed by atoms with Crippen molar-refractivity contribution in [3.05, 3.63) is 30.1 Å². The van der Waals surface area contributed by atoms with E-state index in [1.165, 1.54) is 30.0 Å². The van der Waals surface area contributed by atoms with Gasteiger partial charge in [0.1, 0.15) is 5.82 Å². The van der Waals surface area contributed by atoms with E-state index in [4.69, 9.17) is 0 Å². The highest BCUT2D eigenvalue weighted by Gasteiger charge is 2.31. The van der Waals surface area contributed by atoms with Gasteiger partial charge in [-0.05, 0) is 18.2 Å². The third-order valence-corrected chi connectivity index (χ3v) is 3.36. The van der Waals surface area contributed by atoms with Gasteiger partial charge in [0, 0.05) is 38.7 Å². The van der Waals surface area contributed by atoms with Crippen LogP contribution in [-0.4, -0.2) is 43.5 Å². The van der Waals surface area contributed by atoms with Crippen LogP contribution in [0.25, 0.3) is 0 Å². The van der Waals surface area contributed by atoms with Crippen LogP contribution in [0.3, 0.4) is 0 Å². The Hall–Kier alpha value is -2.64. The van der Waals surface area contributed by atoms with Crippen molar-refractivity contribution in [3.8, 4) is 0 Å². The van der Waals surface area contributed by atoms with E-state index < -0.39 is 11.8 Å². The van der Waals surface area contributed by atoms with Crippen LogP contribution >= 0.6 is 0 Å². The molecule has 1 saturated heterocycles. The Kier molecular flexibility index (Phi) is 5.51. The molecule has 1 aliphatic heterocycles. The first-order valence-corrected chi connectivity index (χ1v) is 7.30. The van der Waals surface area contributed by atoms with Crippen LogP contribution in [0.4, 0.5) is 14.9 Å². The molecule has 124 valence electrons. The number of nitrogens with zero attached hydrogens (tertiary/aromatic N) is 1. The van der Waals surface area contributed by atoms with Gasteiger partial charge >= 0.3 is 6.03 Å². The predicted octanol–water partition coefficient (Wildman–Crippen LogP) is 0.366. The maximum Gasteiger partial charge on any atom is 0.315 e. The van der Waals surface area contributed by atoms with Crippen molar-refractivity contribution in [1.82, 2.24) is 16.0 Å². The summed E-state index contributed by atoms with van der Waals surface area (Å²) in [6.07, 6.45) is 0.162. The average molecular weight is 322 g/mol. The summed E-state index contributed by atoms with van der Waals surface area (Å²) >= 11 is 0. The molecule has 23 heavy (non-hydrogen) atoms. The summed E-state index contributed by atoms with van der Waals surface area (Å²) in [5.41, 5.74) is 0.477. The van der Waals surface area contributed by atoms with E-state index in [0.717, 1.165) is 0 Å². The zero-order valence-corrected chi connectivity index (χ0v) is 12.8. The molecule has 4 amide bonds. The minimum atomic E-state index is -0.414. The van der Waals surface area contributed by atoms with Crippen LogP contribution in [0.5, 0.6) is 0 Å². The third-order valence-electron chi connectivity index (χ3n) is 3.36. The summed E-state index contributed by atoms with van der Waals surface area (Å²) < 4.78 is 13.2. The highest BCUT2D eigenvalue weighted by Crippen LogP contribution is 2.22. The molecule has 1 fully saturated rings. The Morgan fingerprint density at radius 1 is 1.30 bits per heavy atom. The first-order chi connectivity index (χ1) is 11.0. The standard InChI is InChI=1S/C15H19FN4O3/c1-10(21)17-5-6-18-15(23)19-12-8-14(22)20(9-12)13-4-2-3-11(16)7-13/h2-4,7,12H,5-6,8-9H2,1H3,(H,17,21)(H2,18,19,23)/t12-/m0/s1. The van der Waals surface area contributed by atoms with E-state index >= 15 is 0 Å². The molecule has 1 aromatic carbocycles. The molecule has 2 rings (SSSR count). The lowest BCUT2D eigenvalue weighted by Gasteiger charge is -2.17. The van der Waals surface area contributed by atoms with Gasteiger partial charge in [0.05, 0.1) is 6.04 Å². The van der Waals surface area contributed by atoms with Crippen molar-refractivity contribution in [1.29, 1.82) is 0 Å². The summed E-state index contributed by atoms with van der Waals surface area (Å²) in [5.74, 6) is -0.749. The molecule has 0 aliphatic carbocycles. The van der Waals surface area contributed by atoms with Crippen LogP contribution in [0.15, 0.2) is 24.3 Å².